The summed E-state index contributed by atoms with van der Waals surface area (Å²) in [5.74, 6) is -0.322. The number of thiophene rings is 1. The van der Waals surface area contributed by atoms with Gasteiger partial charge in [-0.2, -0.15) is 23.2 Å². The first-order valence-corrected chi connectivity index (χ1v) is 15.6. The molecule has 210 valence electrons. The van der Waals surface area contributed by atoms with E-state index < -0.39 is 47.0 Å². The van der Waals surface area contributed by atoms with E-state index in [0.29, 0.717) is 35.1 Å². The van der Waals surface area contributed by atoms with Gasteiger partial charge < -0.3 is 14.2 Å². The Kier molecular flexibility index (Phi) is 8.75. The van der Waals surface area contributed by atoms with E-state index in [9.17, 15) is 31.0 Å². The third kappa shape index (κ3) is 7.11. The molecule has 0 aliphatic rings. The average molecular weight is 633 g/mol. The summed E-state index contributed by atoms with van der Waals surface area (Å²) in [6.45, 7) is 0.845. The second kappa shape index (κ2) is 11.7. The molecule has 0 amide bonds. The van der Waals surface area contributed by atoms with E-state index in [1.165, 1.54) is 12.1 Å². The van der Waals surface area contributed by atoms with Gasteiger partial charge in [0.2, 0.25) is 0 Å². The minimum Gasteiger partial charge on any atom is -0.485 e. The Labute approximate surface area is 235 Å². The maximum atomic E-state index is 13.2. The van der Waals surface area contributed by atoms with Gasteiger partial charge in [-0.15, -0.1) is 11.3 Å². The van der Waals surface area contributed by atoms with Crippen LogP contribution >= 0.6 is 30.5 Å². The first-order valence-electron chi connectivity index (χ1n) is 11.2. The van der Waals surface area contributed by atoms with Crippen LogP contribution in [-0.2, 0) is 27.3 Å². The lowest BCUT2D eigenvalue weighted by molar-refractivity contribution is -0.697. The fourth-order valence-electron chi connectivity index (χ4n) is 3.47. The lowest BCUT2D eigenvalue weighted by Gasteiger charge is -2.16. The summed E-state index contributed by atoms with van der Waals surface area (Å²) in [6.07, 6.45) is -2.31. The van der Waals surface area contributed by atoms with Gasteiger partial charge in [-0.05, 0) is 36.4 Å². The summed E-state index contributed by atoms with van der Waals surface area (Å²) < 4.78 is 92.3. The van der Waals surface area contributed by atoms with Gasteiger partial charge in [-0.1, -0.05) is 17.7 Å². The van der Waals surface area contributed by atoms with Gasteiger partial charge in [0.05, 0.1) is 22.2 Å². The van der Waals surface area contributed by atoms with Crippen LogP contribution in [0.25, 0.3) is 10.1 Å². The number of fused-ring (bicyclic) bond motifs is 1. The molecule has 0 bridgehead atoms. The van der Waals surface area contributed by atoms with E-state index >= 15 is 0 Å². The van der Waals surface area contributed by atoms with E-state index in [1.807, 2.05) is 39.9 Å². The highest BCUT2D eigenvalue weighted by atomic mass is 35.5. The molecule has 0 aliphatic carbocycles. The normalized spacial score (nSPS) is 13.5. The Morgan fingerprint density at radius 1 is 1.15 bits per heavy atom. The first-order chi connectivity index (χ1) is 18.8. The van der Waals surface area contributed by atoms with Crippen LogP contribution in [0.4, 0.5) is 13.2 Å². The van der Waals surface area contributed by atoms with Crippen molar-refractivity contribution in [2.75, 3.05) is 12.9 Å². The Hall–Kier alpha value is -3.18. The molecule has 0 fully saturated rings. The van der Waals surface area contributed by atoms with Crippen LogP contribution in [-0.4, -0.2) is 26.2 Å². The van der Waals surface area contributed by atoms with Crippen LogP contribution in [0.2, 0.25) is 5.02 Å². The molecular formula is C24H19ClF3N3O6PS2+. The van der Waals surface area contributed by atoms with Crippen molar-refractivity contribution >= 4 is 50.6 Å². The second-order valence-electron chi connectivity index (χ2n) is 8.17. The van der Waals surface area contributed by atoms with Crippen molar-refractivity contribution < 1.29 is 44.9 Å². The van der Waals surface area contributed by atoms with Crippen LogP contribution in [0.3, 0.4) is 0 Å². The van der Waals surface area contributed by atoms with Crippen LogP contribution in [0.5, 0.6) is 11.5 Å². The number of ether oxygens (including phenoxy) is 1. The second-order valence-corrected chi connectivity index (χ2v) is 13.4. The molecular weight excluding hydrogens is 614 g/mol. The van der Waals surface area contributed by atoms with Crippen molar-refractivity contribution in [3.05, 3.63) is 83.1 Å². The predicted molar refractivity (Wildman–Crippen MR) is 141 cm³/mol. The zero-order valence-corrected chi connectivity index (χ0v) is 23.4. The third-order valence-electron chi connectivity index (χ3n) is 5.35. The molecule has 0 spiro atoms. The molecule has 2 heterocycles. The van der Waals surface area contributed by atoms with E-state index in [4.69, 9.17) is 26.1 Å². The number of rotatable bonds is 10. The molecule has 16 heteroatoms. The maximum absolute atomic E-state index is 13.2. The molecule has 9 nitrogen and oxygen atoms in total. The molecule has 2 N–H and O–H groups in total. The Morgan fingerprint density at radius 2 is 1.88 bits per heavy atom. The van der Waals surface area contributed by atoms with E-state index in [2.05, 4.69) is 0 Å². The number of pyridine rings is 1. The number of aromatic nitrogens is 1. The van der Waals surface area contributed by atoms with Gasteiger partial charge in [0.15, 0.2) is 18.9 Å². The molecule has 1 unspecified atom stereocenters. The van der Waals surface area contributed by atoms with Crippen LogP contribution in [0.1, 0.15) is 11.1 Å². The van der Waals surface area contributed by atoms with Crippen molar-refractivity contribution in [1.82, 2.24) is 4.72 Å². The van der Waals surface area contributed by atoms with E-state index in [-0.39, 0.29) is 9.23 Å². The van der Waals surface area contributed by atoms with Crippen LogP contribution < -0.4 is 18.5 Å². The largest absolute Gasteiger partial charge is 0.485 e. The fourth-order valence-corrected chi connectivity index (χ4v) is 7.74. The number of halogens is 4. The summed E-state index contributed by atoms with van der Waals surface area (Å²) >= 11 is 7.30. The smallest absolute Gasteiger partial charge is 0.417 e. The Balaban J connectivity index is 1.45. The Morgan fingerprint density at radius 3 is 2.55 bits per heavy atom. The van der Waals surface area contributed by atoms with Gasteiger partial charge in [-0.25, -0.2) is 17.5 Å². The SMILES string of the molecule is N#Cc1ccc(OP(=O)(O)CNS(=O)(=O)c2cc3c(Cl)c(OCC[n+]4ccccc4)ccc3s2)cc1C(F)(F)F. The standard InChI is InChI=1S/C24H18ClF3N3O6PS2/c25-23-18-13-22(39-21(18)7-6-20(23)36-11-10-31-8-2-1-3-9-31)40(34,35)30-15-38(32,33)37-17-5-4-16(14-29)19(12-17)24(26,27)28/h1-9,12-13,30H,10-11,15H2/p+1. The molecule has 0 saturated carbocycles. The van der Waals surface area contributed by atoms with Crippen molar-refractivity contribution in [3.63, 3.8) is 0 Å². The van der Waals surface area contributed by atoms with Crippen molar-refractivity contribution in [1.29, 1.82) is 5.26 Å². The van der Waals surface area contributed by atoms with Crippen molar-refractivity contribution in [2.24, 2.45) is 0 Å². The minimum absolute atomic E-state index is 0.186. The molecule has 4 rings (SSSR count). The summed E-state index contributed by atoms with van der Waals surface area (Å²) in [5.41, 5.74) is -2.07. The summed E-state index contributed by atoms with van der Waals surface area (Å²) in [6, 6.07) is 13.6. The lowest BCUT2D eigenvalue weighted by Crippen LogP contribution is -2.35. The average Bonchev–Trinajstić information content (AvgIpc) is 3.35. The molecule has 1 atom stereocenters. The number of benzene rings is 2. The third-order valence-corrected chi connectivity index (χ3v) is 9.98. The number of hydrogen-bond acceptors (Lipinski definition) is 7. The summed E-state index contributed by atoms with van der Waals surface area (Å²) in [4.78, 5) is 10.1. The zero-order valence-electron chi connectivity index (χ0n) is 20.1. The number of nitriles is 1. The minimum atomic E-state index is -4.92. The van der Waals surface area contributed by atoms with Crippen molar-refractivity contribution in [3.8, 4) is 17.6 Å². The van der Waals surface area contributed by atoms with Crippen LogP contribution in [0.15, 0.2) is 71.2 Å². The van der Waals surface area contributed by atoms with Gasteiger partial charge in [0.25, 0.3) is 10.0 Å². The zero-order chi connectivity index (χ0) is 29.1. The van der Waals surface area contributed by atoms with Gasteiger partial charge in [0.1, 0.15) is 28.6 Å². The highest BCUT2D eigenvalue weighted by Crippen LogP contribution is 2.44. The molecule has 0 saturated heterocycles. The fraction of sp³-hybridized carbons (Fsp3) is 0.167. The molecule has 2 aromatic heterocycles. The number of hydrogen-bond donors (Lipinski definition) is 2. The monoisotopic (exact) mass is 632 g/mol. The number of sulfonamides is 1. The van der Waals surface area contributed by atoms with E-state index in [0.717, 1.165) is 23.5 Å². The first kappa shape index (κ1) is 29.8. The number of nitrogens with zero attached hydrogens (tertiary/aromatic N) is 2. The highest BCUT2D eigenvalue weighted by molar-refractivity contribution is 7.92. The maximum Gasteiger partial charge on any atom is 0.417 e. The summed E-state index contributed by atoms with van der Waals surface area (Å²) in [7, 11) is -9.14. The molecule has 2 aromatic carbocycles. The van der Waals surface area contributed by atoms with Gasteiger partial charge >= 0.3 is 13.8 Å². The molecule has 4 aromatic rings. The van der Waals surface area contributed by atoms with Crippen molar-refractivity contribution in [2.45, 2.75) is 16.9 Å². The van der Waals surface area contributed by atoms with Crippen LogP contribution in [0, 0.1) is 11.3 Å². The van der Waals surface area contributed by atoms with Gasteiger partial charge in [-0.3, -0.25) is 0 Å². The lowest BCUT2D eigenvalue weighted by atomic mass is 10.1. The summed E-state index contributed by atoms with van der Waals surface area (Å²) in [5, 5.41) is 9.44. The Bertz CT molecular complexity index is 1740. The molecule has 40 heavy (non-hydrogen) atoms. The topological polar surface area (TPSA) is 130 Å². The van der Waals surface area contributed by atoms with Gasteiger partial charge in [0, 0.05) is 22.2 Å². The quantitative estimate of drug-likeness (QED) is 0.179. The molecule has 0 aliphatic heterocycles. The van der Waals surface area contributed by atoms with E-state index in [1.54, 1.807) is 12.1 Å². The predicted octanol–water partition coefficient (Wildman–Crippen LogP) is 5.31. The highest BCUT2D eigenvalue weighted by Gasteiger charge is 2.35. The molecule has 0 radical (unpaired) electrons. The number of nitrogens with one attached hydrogen (secondary N) is 1. The number of alkyl halides is 3.